The first kappa shape index (κ1) is 17.1. The Hall–Kier alpha value is -2.21. The van der Waals surface area contributed by atoms with Gasteiger partial charge in [0.2, 0.25) is 9.84 Å². The van der Waals surface area contributed by atoms with E-state index >= 15 is 0 Å². The van der Waals surface area contributed by atoms with E-state index in [1.807, 2.05) is 18.9 Å². The summed E-state index contributed by atoms with van der Waals surface area (Å²) < 4.78 is 39.4. The molecule has 23 heavy (non-hydrogen) atoms. The molecule has 0 aromatic heterocycles. The van der Waals surface area contributed by atoms with E-state index in [9.17, 15) is 12.8 Å². The maximum atomic E-state index is 14.4. The molecule has 0 fully saturated rings. The Labute approximate surface area is 136 Å². The lowest BCUT2D eigenvalue weighted by atomic mass is 10.2. The van der Waals surface area contributed by atoms with Gasteiger partial charge in [-0.05, 0) is 37.6 Å². The zero-order chi connectivity index (χ0) is 17.0. The summed E-state index contributed by atoms with van der Waals surface area (Å²) in [7, 11) is -2.03. The summed E-state index contributed by atoms with van der Waals surface area (Å²) >= 11 is 0. The SMILES string of the molecule is CCN(C)C=Nc1cc(F)c(S(=O)(=O)c2ccccc2)cc1C. The van der Waals surface area contributed by atoms with Crippen LogP contribution in [-0.4, -0.2) is 33.2 Å². The number of nitrogens with zero attached hydrogens (tertiary/aromatic N) is 2. The van der Waals surface area contributed by atoms with E-state index in [2.05, 4.69) is 4.99 Å². The highest BCUT2D eigenvalue weighted by Crippen LogP contribution is 2.29. The minimum Gasteiger partial charge on any atom is -0.366 e. The molecule has 0 atom stereocenters. The number of hydrogen-bond acceptors (Lipinski definition) is 3. The standard InChI is InChI=1S/C17H19FN2O2S/c1-4-20(3)12-19-16-11-15(18)17(10-13(16)2)23(21,22)14-8-6-5-7-9-14/h5-12H,4H2,1-3H3. The summed E-state index contributed by atoms with van der Waals surface area (Å²) in [6.45, 7) is 4.45. The van der Waals surface area contributed by atoms with Gasteiger partial charge in [-0.3, -0.25) is 0 Å². The topological polar surface area (TPSA) is 49.7 Å². The smallest absolute Gasteiger partial charge is 0.209 e. The van der Waals surface area contributed by atoms with Crippen LogP contribution in [0.2, 0.25) is 0 Å². The summed E-state index contributed by atoms with van der Waals surface area (Å²) in [6, 6.07) is 10.3. The lowest BCUT2D eigenvalue weighted by Gasteiger charge is -2.11. The van der Waals surface area contributed by atoms with Crippen molar-refractivity contribution >= 4 is 21.9 Å². The Balaban J connectivity index is 2.47. The summed E-state index contributed by atoms with van der Waals surface area (Å²) in [5, 5.41) is 0. The molecule has 0 bridgehead atoms. The number of rotatable bonds is 5. The van der Waals surface area contributed by atoms with Crippen molar-refractivity contribution in [1.82, 2.24) is 4.90 Å². The number of halogens is 1. The van der Waals surface area contributed by atoms with Gasteiger partial charge in [-0.1, -0.05) is 18.2 Å². The van der Waals surface area contributed by atoms with Crippen LogP contribution in [-0.2, 0) is 9.84 Å². The minimum absolute atomic E-state index is 0.0697. The van der Waals surface area contributed by atoms with E-state index in [4.69, 9.17) is 0 Å². The zero-order valence-corrected chi connectivity index (χ0v) is 14.1. The quantitative estimate of drug-likeness (QED) is 0.620. The molecule has 0 unspecified atom stereocenters. The van der Waals surface area contributed by atoms with Crippen LogP contribution in [0.15, 0.2) is 57.2 Å². The van der Waals surface area contributed by atoms with Gasteiger partial charge in [-0.25, -0.2) is 17.8 Å². The minimum atomic E-state index is -3.88. The van der Waals surface area contributed by atoms with E-state index in [1.54, 1.807) is 31.5 Å². The average Bonchev–Trinajstić information content (AvgIpc) is 2.55. The molecular formula is C17H19FN2O2S. The molecule has 4 nitrogen and oxygen atoms in total. The number of sulfone groups is 1. The molecule has 2 aromatic carbocycles. The maximum absolute atomic E-state index is 14.4. The van der Waals surface area contributed by atoms with Crippen LogP contribution >= 0.6 is 0 Å². The second-order valence-corrected chi connectivity index (χ2v) is 7.12. The molecule has 0 N–H and O–H groups in total. The van der Waals surface area contributed by atoms with E-state index in [0.29, 0.717) is 11.3 Å². The molecular weight excluding hydrogens is 315 g/mol. The molecule has 0 saturated heterocycles. The van der Waals surface area contributed by atoms with E-state index in [-0.39, 0.29) is 9.79 Å². The molecule has 0 amide bonds. The molecule has 0 saturated carbocycles. The zero-order valence-electron chi connectivity index (χ0n) is 13.3. The fourth-order valence-electron chi connectivity index (χ4n) is 1.96. The Morgan fingerprint density at radius 1 is 1.22 bits per heavy atom. The summed E-state index contributed by atoms with van der Waals surface area (Å²) in [4.78, 5) is 5.78. The van der Waals surface area contributed by atoms with Crippen molar-refractivity contribution in [3.63, 3.8) is 0 Å². The van der Waals surface area contributed by atoms with Crippen molar-refractivity contribution in [2.24, 2.45) is 4.99 Å². The predicted octanol–water partition coefficient (Wildman–Crippen LogP) is 3.58. The second kappa shape index (κ2) is 6.91. The van der Waals surface area contributed by atoms with Gasteiger partial charge in [-0.2, -0.15) is 0 Å². The highest BCUT2D eigenvalue weighted by molar-refractivity contribution is 7.91. The first-order chi connectivity index (χ1) is 10.9. The lowest BCUT2D eigenvalue weighted by Crippen LogP contribution is -2.14. The largest absolute Gasteiger partial charge is 0.366 e. The van der Waals surface area contributed by atoms with Gasteiger partial charge in [0, 0.05) is 19.7 Å². The number of benzene rings is 2. The van der Waals surface area contributed by atoms with Gasteiger partial charge in [-0.15, -0.1) is 0 Å². The van der Waals surface area contributed by atoms with Gasteiger partial charge < -0.3 is 4.90 Å². The molecule has 0 aliphatic rings. The van der Waals surface area contributed by atoms with Crippen LogP contribution in [0, 0.1) is 12.7 Å². The Bertz CT molecular complexity index is 818. The normalized spacial score (nSPS) is 11.8. The van der Waals surface area contributed by atoms with Crippen molar-refractivity contribution in [2.45, 2.75) is 23.6 Å². The monoisotopic (exact) mass is 334 g/mol. The van der Waals surface area contributed by atoms with Gasteiger partial charge in [0.25, 0.3) is 0 Å². The van der Waals surface area contributed by atoms with Crippen molar-refractivity contribution in [3.05, 3.63) is 53.8 Å². The third-order valence-corrected chi connectivity index (χ3v) is 5.27. The fourth-order valence-corrected chi connectivity index (χ4v) is 3.38. The van der Waals surface area contributed by atoms with Crippen molar-refractivity contribution in [3.8, 4) is 0 Å². The van der Waals surface area contributed by atoms with Crippen molar-refractivity contribution in [2.75, 3.05) is 13.6 Å². The van der Waals surface area contributed by atoms with Crippen LogP contribution in [0.25, 0.3) is 0 Å². The Kier molecular flexibility index (Phi) is 5.15. The second-order valence-electron chi connectivity index (χ2n) is 5.20. The number of aryl methyl sites for hydroxylation is 1. The summed E-state index contributed by atoms with van der Waals surface area (Å²) in [5.74, 6) is -0.800. The molecule has 2 rings (SSSR count). The molecule has 0 heterocycles. The fraction of sp³-hybridized carbons (Fsp3) is 0.235. The third-order valence-electron chi connectivity index (χ3n) is 3.49. The van der Waals surface area contributed by atoms with Crippen LogP contribution in [0.4, 0.5) is 10.1 Å². The summed E-state index contributed by atoms with van der Waals surface area (Å²) in [5.41, 5.74) is 1.01. The first-order valence-corrected chi connectivity index (χ1v) is 8.69. The molecule has 6 heteroatoms. The molecule has 122 valence electrons. The Morgan fingerprint density at radius 2 is 1.87 bits per heavy atom. The molecule has 0 aliphatic heterocycles. The van der Waals surface area contributed by atoms with Crippen molar-refractivity contribution in [1.29, 1.82) is 0 Å². The Morgan fingerprint density at radius 3 is 2.48 bits per heavy atom. The third kappa shape index (κ3) is 3.76. The van der Waals surface area contributed by atoms with Gasteiger partial charge in [0.1, 0.15) is 10.7 Å². The molecule has 0 radical (unpaired) electrons. The van der Waals surface area contributed by atoms with Crippen molar-refractivity contribution < 1.29 is 12.8 Å². The van der Waals surface area contributed by atoms with Crippen LogP contribution < -0.4 is 0 Å². The van der Waals surface area contributed by atoms with E-state index < -0.39 is 15.7 Å². The molecule has 0 spiro atoms. The van der Waals surface area contributed by atoms with E-state index in [0.717, 1.165) is 12.6 Å². The molecule has 2 aromatic rings. The number of hydrogen-bond donors (Lipinski definition) is 0. The van der Waals surface area contributed by atoms with E-state index in [1.165, 1.54) is 18.2 Å². The highest BCUT2D eigenvalue weighted by Gasteiger charge is 2.22. The lowest BCUT2D eigenvalue weighted by molar-refractivity contribution is 0.551. The first-order valence-electron chi connectivity index (χ1n) is 7.21. The van der Waals surface area contributed by atoms with Gasteiger partial charge in [0.05, 0.1) is 16.9 Å². The van der Waals surface area contributed by atoms with Gasteiger partial charge >= 0.3 is 0 Å². The number of aliphatic imine (C=N–C) groups is 1. The highest BCUT2D eigenvalue weighted by atomic mass is 32.2. The van der Waals surface area contributed by atoms with Gasteiger partial charge in [0.15, 0.2) is 0 Å². The van der Waals surface area contributed by atoms with Crippen LogP contribution in [0.5, 0.6) is 0 Å². The average molecular weight is 334 g/mol. The van der Waals surface area contributed by atoms with Crippen LogP contribution in [0.3, 0.4) is 0 Å². The summed E-state index contributed by atoms with van der Waals surface area (Å²) in [6.07, 6.45) is 1.59. The predicted molar refractivity (Wildman–Crippen MR) is 89.5 cm³/mol. The maximum Gasteiger partial charge on any atom is 0.209 e. The molecule has 0 aliphatic carbocycles. The van der Waals surface area contributed by atoms with Crippen LogP contribution in [0.1, 0.15) is 12.5 Å².